The van der Waals surface area contributed by atoms with Gasteiger partial charge in [0.15, 0.2) is 0 Å². The average molecular weight is 170 g/mol. The van der Waals surface area contributed by atoms with Crippen LogP contribution in [0.15, 0.2) is 0 Å². The third kappa shape index (κ3) is 3.11. The van der Waals surface area contributed by atoms with Gasteiger partial charge in [-0.15, -0.1) is 0 Å². The molecule has 0 amide bonds. The number of likely N-dealkylation sites (N-methyl/N-ethyl adjacent to an activating group) is 1. The molecule has 0 unspecified atom stereocenters. The van der Waals surface area contributed by atoms with Gasteiger partial charge in [-0.2, -0.15) is 0 Å². The fraction of sp³-hybridized carbons (Fsp3) is 1.00. The van der Waals surface area contributed by atoms with Crippen LogP contribution in [0.4, 0.5) is 0 Å². The van der Waals surface area contributed by atoms with E-state index in [0.29, 0.717) is 0 Å². The molecule has 1 saturated heterocycles. The molecule has 1 rings (SSSR count). The SMILES string of the molecule is CC[C@H](C)CN[C@@H]1CCN(C)C1. The molecule has 0 aromatic heterocycles. The van der Waals surface area contributed by atoms with E-state index in [1.807, 2.05) is 0 Å². The van der Waals surface area contributed by atoms with Crippen LogP contribution in [0.2, 0.25) is 0 Å². The van der Waals surface area contributed by atoms with Crippen LogP contribution in [-0.2, 0) is 0 Å². The zero-order valence-corrected chi connectivity index (χ0v) is 8.64. The maximum Gasteiger partial charge on any atom is 0.0207 e. The first-order chi connectivity index (χ1) is 5.72. The Labute approximate surface area is 76.3 Å². The lowest BCUT2D eigenvalue weighted by Gasteiger charge is -2.15. The molecule has 0 saturated carbocycles. The summed E-state index contributed by atoms with van der Waals surface area (Å²) in [5.74, 6) is 0.830. The zero-order valence-electron chi connectivity index (χ0n) is 8.64. The summed E-state index contributed by atoms with van der Waals surface area (Å²) >= 11 is 0. The van der Waals surface area contributed by atoms with E-state index in [4.69, 9.17) is 0 Å². The Morgan fingerprint density at radius 1 is 1.58 bits per heavy atom. The van der Waals surface area contributed by atoms with Crippen molar-refractivity contribution < 1.29 is 0 Å². The average Bonchev–Trinajstić information content (AvgIpc) is 2.47. The van der Waals surface area contributed by atoms with Crippen molar-refractivity contribution in [2.24, 2.45) is 5.92 Å². The molecule has 0 aromatic carbocycles. The molecule has 1 heterocycles. The molecule has 72 valence electrons. The van der Waals surface area contributed by atoms with Gasteiger partial charge in [0, 0.05) is 12.6 Å². The Kier molecular flexibility index (Phi) is 4.02. The van der Waals surface area contributed by atoms with Crippen molar-refractivity contribution in [3.8, 4) is 0 Å². The summed E-state index contributed by atoms with van der Waals surface area (Å²) in [6.45, 7) is 8.25. The minimum absolute atomic E-state index is 0.754. The van der Waals surface area contributed by atoms with Crippen LogP contribution in [0, 0.1) is 5.92 Å². The Bertz CT molecular complexity index is 125. The van der Waals surface area contributed by atoms with Crippen LogP contribution in [0.5, 0.6) is 0 Å². The molecule has 2 heteroatoms. The number of nitrogens with zero attached hydrogens (tertiary/aromatic N) is 1. The molecular formula is C10H22N2. The topological polar surface area (TPSA) is 15.3 Å². The van der Waals surface area contributed by atoms with Crippen LogP contribution in [-0.4, -0.2) is 37.6 Å². The van der Waals surface area contributed by atoms with Gasteiger partial charge >= 0.3 is 0 Å². The number of hydrogen-bond acceptors (Lipinski definition) is 2. The number of nitrogens with one attached hydrogen (secondary N) is 1. The van der Waals surface area contributed by atoms with E-state index in [1.54, 1.807) is 0 Å². The van der Waals surface area contributed by atoms with Crippen molar-refractivity contribution >= 4 is 0 Å². The molecule has 0 aliphatic carbocycles. The lowest BCUT2D eigenvalue weighted by molar-refractivity contribution is 0.386. The van der Waals surface area contributed by atoms with Crippen molar-refractivity contribution in [3.63, 3.8) is 0 Å². The minimum Gasteiger partial charge on any atom is -0.312 e. The second kappa shape index (κ2) is 4.83. The van der Waals surface area contributed by atoms with Crippen LogP contribution in [0.3, 0.4) is 0 Å². The molecule has 1 aliphatic heterocycles. The smallest absolute Gasteiger partial charge is 0.0207 e. The van der Waals surface area contributed by atoms with Crippen molar-refractivity contribution in [1.29, 1.82) is 0 Å². The molecule has 2 nitrogen and oxygen atoms in total. The first-order valence-corrected chi connectivity index (χ1v) is 5.14. The highest BCUT2D eigenvalue weighted by atomic mass is 15.2. The van der Waals surface area contributed by atoms with E-state index >= 15 is 0 Å². The zero-order chi connectivity index (χ0) is 8.97. The van der Waals surface area contributed by atoms with Gasteiger partial charge in [-0.05, 0) is 32.5 Å². The molecule has 0 spiro atoms. The first kappa shape index (κ1) is 10.0. The van der Waals surface area contributed by atoms with Gasteiger partial charge in [0.05, 0.1) is 0 Å². The molecule has 1 N–H and O–H groups in total. The van der Waals surface area contributed by atoms with Gasteiger partial charge in [0.2, 0.25) is 0 Å². The second-order valence-electron chi connectivity index (χ2n) is 4.17. The predicted molar refractivity (Wildman–Crippen MR) is 53.4 cm³/mol. The van der Waals surface area contributed by atoms with E-state index in [0.717, 1.165) is 12.0 Å². The van der Waals surface area contributed by atoms with E-state index in [2.05, 4.69) is 31.1 Å². The standard InChI is InChI=1S/C10H22N2/c1-4-9(2)7-11-10-5-6-12(3)8-10/h9-11H,4-8H2,1-3H3/t9-,10+/m0/s1. The first-order valence-electron chi connectivity index (χ1n) is 5.14. The summed E-state index contributed by atoms with van der Waals surface area (Å²) < 4.78 is 0. The monoisotopic (exact) mass is 170 g/mol. The fourth-order valence-electron chi connectivity index (χ4n) is 1.61. The van der Waals surface area contributed by atoms with Gasteiger partial charge in [-0.3, -0.25) is 0 Å². The molecule has 2 atom stereocenters. The summed E-state index contributed by atoms with van der Waals surface area (Å²) in [4.78, 5) is 2.40. The third-order valence-electron chi connectivity index (χ3n) is 2.84. The maximum atomic E-state index is 3.62. The Balaban J connectivity index is 2.07. The van der Waals surface area contributed by atoms with Crippen molar-refractivity contribution in [2.75, 3.05) is 26.7 Å². The van der Waals surface area contributed by atoms with Crippen LogP contribution in [0.25, 0.3) is 0 Å². The molecule has 1 aliphatic rings. The highest BCUT2D eigenvalue weighted by Gasteiger charge is 2.18. The van der Waals surface area contributed by atoms with Crippen LogP contribution < -0.4 is 5.32 Å². The van der Waals surface area contributed by atoms with E-state index < -0.39 is 0 Å². The van der Waals surface area contributed by atoms with Gasteiger partial charge in [-0.1, -0.05) is 20.3 Å². The van der Waals surface area contributed by atoms with Crippen LogP contribution >= 0.6 is 0 Å². The van der Waals surface area contributed by atoms with E-state index in [9.17, 15) is 0 Å². The summed E-state index contributed by atoms with van der Waals surface area (Å²) in [6, 6.07) is 0.754. The maximum absolute atomic E-state index is 3.62. The Morgan fingerprint density at radius 2 is 2.33 bits per heavy atom. The summed E-state index contributed by atoms with van der Waals surface area (Å²) in [6.07, 6.45) is 2.61. The van der Waals surface area contributed by atoms with E-state index in [1.165, 1.54) is 32.5 Å². The number of likely N-dealkylation sites (tertiary alicyclic amines) is 1. The molecule has 0 bridgehead atoms. The van der Waals surface area contributed by atoms with Gasteiger partial charge in [0.25, 0.3) is 0 Å². The molecule has 1 fully saturated rings. The van der Waals surface area contributed by atoms with Crippen molar-refractivity contribution in [2.45, 2.75) is 32.7 Å². The van der Waals surface area contributed by atoms with Crippen LogP contribution in [0.1, 0.15) is 26.7 Å². The van der Waals surface area contributed by atoms with Crippen molar-refractivity contribution in [3.05, 3.63) is 0 Å². The number of rotatable bonds is 4. The molecule has 0 aromatic rings. The van der Waals surface area contributed by atoms with Crippen molar-refractivity contribution in [1.82, 2.24) is 10.2 Å². The van der Waals surface area contributed by atoms with E-state index in [-0.39, 0.29) is 0 Å². The lowest BCUT2D eigenvalue weighted by Crippen LogP contribution is -2.34. The predicted octanol–water partition coefficient (Wildman–Crippen LogP) is 1.33. The number of hydrogen-bond donors (Lipinski definition) is 1. The fourth-order valence-corrected chi connectivity index (χ4v) is 1.61. The summed E-state index contributed by atoms with van der Waals surface area (Å²) in [5.41, 5.74) is 0. The second-order valence-corrected chi connectivity index (χ2v) is 4.17. The highest BCUT2D eigenvalue weighted by molar-refractivity contribution is 4.79. The summed E-state index contributed by atoms with van der Waals surface area (Å²) in [5, 5.41) is 3.62. The van der Waals surface area contributed by atoms with Gasteiger partial charge in [-0.25, -0.2) is 0 Å². The Hall–Kier alpha value is -0.0800. The minimum atomic E-state index is 0.754. The van der Waals surface area contributed by atoms with Gasteiger partial charge < -0.3 is 10.2 Å². The third-order valence-corrected chi connectivity index (χ3v) is 2.84. The normalized spacial score (nSPS) is 27.8. The molecular weight excluding hydrogens is 148 g/mol. The largest absolute Gasteiger partial charge is 0.312 e. The molecule has 0 radical (unpaired) electrons. The Morgan fingerprint density at radius 3 is 2.83 bits per heavy atom. The lowest BCUT2D eigenvalue weighted by atomic mass is 10.1. The highest BCUT2D eigenvalue weighted by Crippen LogP contribution is 2.07. The quantitative estimate of drug-likeness (QED) is 0.684. The van der Waals surface area contributed by atoms with Gasteiger partial charge in [0.1, 0.15) is 0 Å². The summed E-state index contributed by atoms with van der Waals surface area (Å²) in [7, 11) is 2.20. The molecule has 12 heavy (non-hydrogen) atoms.